The SMILES string of the molecule is COc1ccnc(CN2CCn3nc(C#N)cc3C2)c1OC. The van der Waals surface area contributed by atoms with Gasteiger partial charge in [0.15, 0.2) is 17.2 Å². The molecule has 0 spiro atoms. The fraction of sp³-hybridized carbons (Fsp3) is 0.400. The lowest BCUT2D eigenvalue weighted by atomic mass is 10.2. The molecule has 1 aliphatic rings. The first-order valence-corrected chi connectivity index (χ1v) is 7.00. The van der Waals surface area contributed by atoms with Crippen LogP contribution in [0.25, 0.3) is 0 Å². The molecule has 0 saturated carbocycles. The third-order valence-electron chi connectivity index (χ3n) is 3.73. The fourth-order valence-corrected chi connectivity index (χ4v) is 2.69. The minimum atomic E-state index is 0.467. The largest absolute Gasteiger partial charge is 0.493 e. The number of nitriles is 1. The lowest BCUT2D eigenvalue weighted by Crippen LogP contribution is -2.33. The smallest absolute Gasteiger partial charge is 0.183 e. The van der Waals surface area contributed by atoms with Gasteiger partial charge in [-0.3, -0.25) is 14.6 Å². The van der Waals surface area contributed by atoms with Crippen LogP contribution in [-0.4, -0.2) is 40.4 Å². The molecule has 2 aromatic rings. The lowest BCUT2D eigenvalue weighted by Gasteiger charge is -2.27. The molecule has 3 heterocycles. The van der Waals surface area contributed by atoms with Gasteiger partial charge in [0, 0.05) is 31.9 Å². The van der Waals surface area contributed by atoms with Crippen LogP contribution in [0, 0.1) is 11.3 Å². The Kier molecular flexibility index (Phi) is 3.94. The van der Waals surface area contributed by atoms with E-state index < -0.39 is 0 Å². The first kappa shape index (κ1) is 14.4. The molecule has 3 rings (SSSR count). The summed E-state index contributed by atoms with van der Waals surface area (Å²) in [5, 5.41) is 13.2. The van der Waals surface area contributed by atoms with E-state index in [1.54, 1.807) is 26.5 Å². The lowest BCUT2D eigenvalue weighted by molar-refractivity contribution is 0.199. The highest BCUT2D eigenvalue weighted by Gasteiger charge is 2.21. The summed E-state index contributed by atoms with van der Waals surface area (Å²) in [6, 6.07) is 5.70. The molecule has 0 saturated heterocycles. The zero-order valence-corrected chi connectivity index (χ0v) is 12.6. The molecular formula is C15H17N5O2. The summed E-state index contributed by atoms with van der Waals surface area (Å²) in [7, 11) is 3.23. The number of fused-ring (bicyclic) bond motifs is 1. The minimum absolute atomic E-state index is 0.467. The van der Waals surface area contributed by atoms with Crippen molar-refractivity contribution in [2.45, 2.75) is 19.6 Å². The summed E-state index contributed by atoms with van der Waals surface area (Å²) in [6.45, 7) is 3.01. The predicted molar refractivity (Wildman–Crippen MR) is 78.4 cm³/mol. The quantitative estimate of drug-likeness (QED) is 0.844. The number of hydrogen-bond donors (Lipinski definition) is 0. The van der Waals surface area contributed by atoms with Gasteiger partial charge in [0.2, 0.25) is 0 Å². The second-order valence-electron chi connectivity index (χ2n) is 5.06. The highest BCUT2D eigenvalue weighted by atomic mass is 16.5. The van der Waals surface area contributed by atoms with Crippen molar-refractivity contribution in [1.82, 2.24) is 19.7 Å². The van der Waals surface area contributed by atoms with Gasteiger partial charge in [0.25, 0.3) is 0 Å². The molecule has 1 aliphatic heterocycles. The maximum absolute atomic E-state index is 8.93. The van der Waals surface area contributed by atoms with E-state index in [2.05, 4.69) is 21.1 Å². The Bertz CT molecular complexity index is 719. The fourth-order valence-electron chi connectivity index (χ4n) is 2.69. The maximum Gasteiger partial charge on any atom is 0.183 e. The van der Waals surface area contributed by atoms with E-state index in [-0.39, 0.29) is 0 Å². The molecule has 0 unspecified atom stereocenters. The standard InChI is InChI=1S/C15H17N5O2/c1-21-14-3-4-17-13(15(14)22-2)10-19-5-6-20-12(9-19)7-11(8-16)18-20/h3-4,7H,5-6,9-10H2,1-2H3. The van der Waals surface area contributed by atoms with Gasteiger partial charge >= 0.3 is 0 Å². The van der Waals surface area contributed by atoms with Crippen LogP contribution >= 0.6 is 0 Å². The first-order chi connectivity index (χ1) is 10.7. The predicted octanol–water partition coefficient (Wildman–Crippen LogP) is 1.18. The van der Waals surface area contributed by atoms with Crippen molar-refractivity contribution in [1.29, 1.82) is 5.26 Å². The summed E-state index contributed by atoms with van der Waals surface area (Å²) in [5.74, 6) is 1.35. The van der Waals surface area contributed by atoms with Crippen molar-refractivity contribution in [3.05, 3.63) is 35.4 Å². The third kappa shape index (κ3) is 2.61. The normalized spacial score (nSPS) is 14.2. The number of hydrogen-bond acceptors (Lipinski definition) is 6. The molecule has 7 heteroatoms. The number of pyridine rings is 1. The van der Waals surface area contributed by atoms with E-state index in [9.17, 15) is 0 Å². The minimum Gasteiger partial charge on any atom is -0.493 e. The average Bonchev–Trinajstić information content (AvgIpc) is 2.97. The Hall–Kier alpha value is -2.59. The van der Waals surface area contributed by atoms with Crippen molar-refractivity contribution in [3.8, 4) is 17.6 Å². The number of nitrogens with zero attached hydrogens (tertiary/aromatic N) is 5. The molecule has 0 N–H and O–H groups in total. The van der Waals surface area contributed by atoms with Crippen LogP contribution in [0.15, 0.2) is 18.3 Å². The second kappa shape index (κ2) is 6.03. The van der Waals surface area contributed by atoms with Crippen molar-refractivity contribution < 1.29 is 9.47 Å². The molecule has 0 atom stereocenters. The molecular weight excluding hydrogens is 282 g/mol. The highest BCUT2D eigenvalue weighted by Crippen LogP contribution is 2.30. The Morgan fingerprint density at radius 3 is 2.91 bits per heavy atom. The van der Waals surface area contributed by atoms with E-state index in [1.807, 2.05) is 10.7 Å². The van der Waals surface area contributed by atoms with Gasteiger partial charge < -0.3 is 9.47 Å². The molecule has 0 amide bonds. The molecule has 7 nitrogen and oxygen atoms in total. The maximum atomic E-state index is 8.93. The molecule has 0 aromatic carbocycles. The molecule has 22 heavy (non-hydrogen) atoms. The number of rotatable bonds is 4. The highest BCUT2D eigenvalue weighted by molar-refractivity contribution is 5.42. The van der Waals surface area contributed by atoms with Crippen LogP contribution in [0.3, 0.4) is 0 Å². The van der Waals surface area contributed by atoms with Gasteiger partial charge in [-0.15, -0.1) is 0 Å². The number of methoxy groups -OCH3 is 2. The molecule has 2 aromatic heterocycles. The first-order valence-electron chi connectivity index (χ1n) is 7.00. The van der Waals surface area contributed by atoms with Gasteiger partial charge in [-0.2, -0.15) is 10.4 Å². The van der Waals surface area contributed by atoms with Gasteiger partial charge in [0.1, 0.15) is 11.8 Å². The van der Waals surface area contributed by atoms with Crippen molar-refractivity contribution in [2.24, 2.45) is 0 Å². The average molecular weight is 299 g/mol. The van der Waals surface area contributed by atoms with Crippen LogP contribution in [0.5, 0.6) is 11.5 Å². The van der Waals surface area contributed by atoms with Crippen LogP contribution in [-0.2, 0) is 19.6 Å². The van der Waals surface area contributed by atoms with E-state index in [4.69, 9.17) is 14.7 Å². The zero-order valence-electron chi connectivity index (χ0n) is 12.6. The van der Waals surface area contributed by atoms with Gasteiger partial charge in [-0.25, -0.2) is 0 Å². The van der Waals surface area contributed by atoms with Crippen LogP contribution in [0.2, 0.25) is 0 Å². The summed E-state index contributed by atoms with van der Waals surface area (Å²) in [5.41, 5.74) is 2.36. The Morgan fingerprint density at radius 1 is 1.32 bits per heavy atom. The van der Waals surface area contributed by atoms with Crippen molar-refractivity contribution >= 4 is 0 Å². The van der Waals surface area contributed by atoms with E-state index in [1.165, 1.54) is 0 Å². The monoisotopic (exact) mass is 299 g/mol. The topological polar surface area (TPSA) is 76.2 Å². The number of aromatic nitrogens is 3. The molecule has 114 valence electrons. The summed E-state index contributed by atoms with van der Waals surface area (Å²) in [4.78, 5) is 6.66. The van der Waals surface area contributed by atoms with E-state index >= 15 is 0 Å². The zero-order chi connectivity index (χ0) is 15.5. The Balaban J connectivity index is 1.79. The summed E-state index contributed by atoms with van der Waals surface area (Å²) >= 11 is 0. The van der Waals surface area contributed by atoms with Crippen LogP contribution < -0.4 is 9.47 Å². The van der Waals surface area contributed by atoms with Crippen LogP contribution in [0.1, 0.15) is 17.1 Å². The molecule has 0 fully saturated rings. The van der Waals surface area contributed by atoms with Crippen molar-refractivity contribution in [2.75, 3.05) is 20.8 Å². The van der Waals surface area contributed by atoms with E-state index in [0.717, 1.165) is 31.0 Å². The van der Waals surface area contributed by atoms with Gasteiger partial charge in [-0.1, -0.05) is 0 Å². The third-order valence-corrected chi connectivity index (χ3v) is 3.73. The molecule has 0 radical (unpaired) electrons. The summed E-state index contributed by atoms with van der Waals surface area (Å²) in [6.07, 6.45) is 1.72. The van der Waals surface area contributed by atoms with Gasteiger partial charge in [0.05, 0.1) is 26.5 Å². The van der Waals surface area contributed by atoms with E-state index in [0.29, 0.717) is 23.7 Å². The second-order valence-corrected chi connectivity index (χ2v) is 5.06. The number of ether oxygens (including phenoxy) is 2. The van der Waals surface area contributed by atoms with Gasteiger partial charge in [-0.05, 0) is 6.07 Å². The van der Waals surface area contributed by atoms with Crippen LogP contribution in [0.4, 0.5) is 0 Å². The molecule has 0 bridgehead atoms. The summed E-state index contributed by atoms with van der Waals surface area (Å²) < 4.78 is 12.6. The van der Waals surface area contributed by atoms with Crippen molar-refractivity contribution in [3.63, 3.8) is 0 Å². The molecule has 0 aliphatic carbocycles. The Morgan fingerprint density at radius 2 is 2.18 bits per heavy atom. The Labute approximate surface area is 128 Å².